The molecule has 1 saturated heterocycles. The molecule has 1 fully saturated rings. The Labute approximate surface area is 155 Å². The van der Waals surface area contributed by atoms with Crippen LogP contribution in [0.1, 0.15) is 38.2 Å². The van der Waals surface area contributed by atoms with Crippen LogP contribution in [0.4, 0.5) is 18.9 Å². The summed E-state index contributed by atoms with van der Waals surface area (Å²) in [5.74, 6) is -2.74. The number of hydrogen-bond donors (Lipinski definition) is 0. The van der Waals surface area contributed by atoms with Gasteiger partial charge in [-0.25, -0.2) is 22.8 Å². The van der Waals surface area contributed by atoms with Gasteiger partial charge in [-0.2, -0.15) is 0 Å². The average molecular weight is 374 g/mol. The van der Waals surface area contributed by atoms with E-state index in [-0.39, 0.29) is 18.8 Å². The van der Waals surface area contributed by atoms with Crippen LogP contribution in [-0.2, 0) is 0 Å². The summed E-state index contributed by atoms with van der Waals surface area (Å²) in [5, 5.41) is 5.19. The van der Waals surface area contributed by atoms with Crippen LogP contribution in [-0.4, -0.2) is 33.8 Å². The number of pyridine rings is 1. The van der Waals surface area contributed by atoms with Crippen molar-refractivity contribution in [2.24, 2.45) is 0 Å². The van der Waals surface area contributed by atoms with Crippen LogP contribution in [0.2, 0.25) is 0 Å². The topological polar surface area (TPSA) is 34.0 Å². The largest absolute Gasteiger partial charge is 0.359 e. The van der Waals surface area contributed by atoms with E-state index in [9.17, 15) is 13.2 Å². The fourth-order valence-corrected chi connectivity index (χ4v) is 3.49. The predicted octanol–water partition coefficient (Wildman–Crippen LogP) is 4.92. The first kappa shape index (κ1) is 17.8. The summed E-state index contributed by atoms with van der Waals surface area (Å²) in [6, 6.07) is 6.39. The van der Waals surface area contributed by atoms with E-state index in [0.29, 0.717) is 17.3 Å². The second-order valence-electron chi connectivity index (χ2n) is 7.29. The monoisotopic (exact) mass is 374 g/mol. The number of fused-ring (bicyclic) bond motifs is 1. The van der Waals surface area contributed by atoms with Crippen molar-refractivity contribution in [3.8, 4) is 5.69 Å². The van der Waals surface area contributed by atoms with E-state index in [0.717, 1.165) is 23.8 Å². The maximum atomic E-state index is 14.4. The molecule has 3 aromatic rings. The van der Waals surface area contributed by atoms with Crippen molar-refractivity contribution in [2.75, 3.05) is 18.0 Å². The zero-order valence-corrected chi connectivity index (χ0v) is 15.3. The summed E-state index contributed by atoms with van der Waals surface area (Å²) in [7, 11) is 0. The summed E-state index contributed by atoms with van der Waals surface area (Å²) in [6.07, 6.45) is 5.71. The molecule has 1 aliphatic heterocycles. The molecule has 3 heterocycles. The molecule has 0 radical (unpaired) electrons. The van der Waals surface area contributed by atoms with Gasteiger partial charge in [0, 0.05) is 23.5 Å². The normalized spacial score (nSPS) is 17.1. The Morgan fingerprint density at radius 1 is 1.22 bits per heavy atom. The fraction of sp³-hybridized carbons (Fsp3) is 0.400. The first-order valence-electron chi connectivity index (χ1n) is 9.14. The summed E-state index contributed by atoms with van der Waals surface area (Å²) in [6.45, 7) is 3.60. The van der Waals surface area contributed by atoms with E-state index >= 15 is 0 Å². The molecule has 0 amide bonds. The molecule has 2 aromatic heterocycles. The summed E-state index contributed by atoms with van der Waals surface area (Å²) in [5.41, 5.74) is 2.44. The SMILES string of the molecule is CCCC(C)c1cnc2nn(-c3cc(N4CC(F)(F)C4)ccc3F)cc2c1. The molecule has 0 bridgehead atoms. The average Bonchev–Trinajstić information content (AvgIpc) is 3.03. The molecule has 1 aliphatic rings. The molecule has 1 atom stereocenters. The molecule has 1 aromatic carbocycles. The van der Waals surface area contributed by atoms with Crippen molar-refractivity contribution in [2.45, 2.75) is 38.5 Å². The van der Waals surface area contributed by atoms with Crippen LogP contribution in [0.25, 0.3) is 16.7 Å². The Hall–Kier alpha value is -2.57. The zero-order chi connectivity index (χ0) is 19.2. The number of halogens is 3. The number of hydrogen-bond acceptors (Lipinski definition) is 3. The van der Waals surface area contributed by atoms with Gasteiger partial charge in [-0.15, -0.1) is 5.10 Å². The molecule has 0 aliphatic carbocycles. The molecular formula is C20H21F3N4. The maximum absolute atomic E-state index is 14.4. The van der Waals surface area contributed by atoms with Gasteiger partial charge in [-0.1, -0.05) is 20.3 Å². The molecule has 0 spiro atoms. The third-order valence-corrected chi connectivity index (χ3v) is 5.06. The van der Waals surface area contributed by atoms with Crippen molar-refractivity contribution in [3.63, 3.8) is 0 Å². The van der Waals surface area contributed by atoms with Crippen LogP contribution in [0, 0.1) is 5.82 Å². The van der Waals surface area contributed by atoms with E-state index in [4.69, 9.17) is 0 Å². The number of benzene rings is 1. The lowest BCUT2D eigenvalue weighted by atomic mass is 9.98. The summed E-state index contributed by atoms with van der Waals surface area (Å²) in [4.78, 5) is 5.92. The highest BCUT2D eigenvalue weighted by Crippen LogP contribution is 2.33. The van der Waals surface area contributed by atoms with E-state index in [1.807, 2.05) is 12.3 Å². The maximum Gasteiger partial charge on any atom is 0.282 e. The highest BCUT2D eigenvalue weighted by Gasteiger charge is 2.44. The van der Waals surface area contributed by atoms with Crippen LogP contribution >= 0.6 is 0 Å². The third-order valence-electron chi connectivity index (χ3n) is 5.06. The number of alkyl halides is 2. The van der Waals surface area contributed by atoms with Crippen molar-refractivity contribution in [1.82, 2.24) is 14.8 Å². The smallest absolute Gasteiger partial charge is 0.282 e. The zero-order valence-electron chi connectivity index (χ0n) is 15.3. The fourth-order valence-electron chi connectivity index (χ4n) is 3.49. The first-order valence-corrected chi connectivity index (χ1v) is 9.14. The highest BCUT2D eigenvalue weighted by molar-refractivity contribution is 5.75. The molecule has 27 heavy (non-hydrogen) atoms. The van der Waals surface area contributed by atoms with Crippen molar-refractivity contribution < 1.29 is 13.2 Å². The van der Waals surface area contributed by atoms with Gasteiger partial charge in [0.05, 0.1) is 13.1 Å². The Balaban J connectivity index is 1.67. The van der Waals surface area contributed by atoms with Crippen molar-refractivity contribution >= 4 is 16.7 Å². The number of nitrogens with zero attached hydrogens (tertiary/aromatic N) is 4. The van der Waals surface area contributed by atoms with Crippen LogP contribution in [0.3, 0.4) is 0 Å². The van der Waals surface area contributed by atoms with Crippen molar-refractivity contribution in [3.05, 3.63) is 48.0 Å². The molecule has 0 N–H and O–H groups in total. The van der Waals surface area contributed by atoms with Gasteiger partial charge in [-0.3, -0.25) is 0 Å². The van der Waals surface area contributed by atoms with Crippen LogP contribution < -0.4 is 4.90 Å². The van der Waals surface area contributed by atoms with E-state index in [1.54, 1.807) is 12.3 Å². The van der Waals surface area contributed by atoms with Crippen molar-refractivity contribution in [1.29, 1.82) is 0 Å². The summed E-state index contributed by atoms with van der Waals surface area (Å²) < 4.78 is 42.1. The highest BCUT2D eigenvalue weighted by atomic mass is 19.3. The molecule has 1 unspecified atom stereocenters. The second-order valence-corrected chi connectivity index (χ2v) is 7.29. The lowest BCUT2D eigenvalue weighted by molar-refractivity contribution is -0.0262. The Morgan fingerprint density at radius 2 is 2.00 bits per heavy atom. The standard InChI is InChI=1S/C20H21F3N4/c1-3-4-13(2)14-7-15-10-27(25-19(15)24-9-14)18-8-16(5-6-17(18)21)26-11-20(22,23)12-26/h5-10,13H,3-4,11-12H2,1-2H3. The van der Waals surface area contributed by atoms with Gasteiger partial charge in [0.25, 0.3) is 5.92 Å². The van der Waals surface area contributed by atoms with Gasteiger partial charge in [0.1, 0.15) is 11.5 Å². The predicted molar refractivity (Wildman–Crippen MR) is 99.3 cm³/mol. The Morgan fingerprint density at radius 3 is 2.70 bits per heavy atom. The minimum absolute atomic E-state index is 0.226. The number of aromatic nitrogens is 3. The van der Waals surface area contributed by atoms with Gasteiger partial charge in [0.15, 0.2) is 5.65 Å². The quantitative estimate of drug-likeness (QED) is 0.636. The minimum atomic E-state index is -2.68. The molecule has 7 heteroatoms. The van der Waals surface area contributed by atoms with E-state index < -0.39 is 11.7 Å². The molecule has 142 valence electrons. The van der Waals surface area contributed by atoms with Gasteiger partial charge in [-0.05, 0) is 42.2 Å². The van der Waals surface area contributed by atoms with Gasteiger partial charge >= 0.3 is 0 Å². The van der Waals surface area contributed by atoms with Crippen LogP contribution in [0.15, 0.2) is 36.7 Å². The summed E-state index contributed by atoms with van der Waals surface area (Å²) >= 11 is 0. The molecule has 4 nitrogen and oxygen atoms in total. The second kappa shape index (κ2) is 6.55. The third kappa shape index (κ3) is 3.38. The lowest BCUT2D eigenvalue weighted by Gasteiger charge is -2.40. The van der Waals surface area contributed by atoms with Crippen LogP contribution in [0.5, 0.6) is 0 Å². The van der Waals surface area contributed by atoms with Gasteiger partial charge in [0.2, 0.25) is 0 Å². The lowest BCUT2D eigenvalue weighted by Crippen LogP contribution is -2.56. The minimum Gasteiger partial charge on any atom is -0.359 e. The molecular weight excluding hydrogens is 353 g/mol. The Kier molecular flexibility index (Phi) is 4.32. The number of rotatable bonds is 5. The Bertz CT molecular complexity index is 975. The molecule has 0 saturated carbocycles. The first-order chi connectivity index (χ1) is 12.9. The van der Waals surface area contributed by atoms with Gasteiger partial charge < -0.3 is 4.90 Å². The van der Waals surface area contributed by atoms with E-state index in [1.165, 1.54) is 21.7 Å². The van der Waals surface area contributed by atoms with E-state index in [2.05, 4.69) is 23.9 Å². The molecule has 4 rings (SSSR count). The number of anilines is 1.